The van der Waals surface area contributed by atoms with Crippen molar-refractivity contribution in [3.63, 3.8) is 0 Å². The average molecular weight is 935 g/mol. The molecule has 5 heteroatoms. The molecule has 3 heterocycles. The quantitative estimate of drug-likeness (QED) is 0.144. The molecular formula is C66H70N4O. The van der Waals surface area contributed by atoms with Gasteiger partial charge >= 0.3 is 0 Å². The van der Waals surface area contributed by atoms with Crippen LogP contribution in [0.1, 0.15) is 129 Å². The molecule has 2 aromatic heterocycles. The van der Waals surface area contributed by atoms with E-state index in [0.717, 1.165) is 45.1 Å². The number of anilines is 4. The van der Waals surface area contributed by atoms with Crippen LogP contribution in [0.25, 0.3) is 27.6 Å². The number of hydrogen-bond acceptors (Lipinski definition) is 4. The number of pyridine rings is 1. The first-order valence-corrected chi connectivity index (χ1v) is 25.4. The lowest BCUT2D eigenvalue weighted by molar-refractivity contribution is 0.480. The maximum atomic E-state index is 7.17. The largest absolute Gasteiger partial charge is 0.457 e. The molecule has 360 valence electrons. The maximum Gasteiger partial charge on any atom is 0.137 e. The number of para-hydroxylation sites is 1. The van der Waals surface area contributed by atoms with Crippen LogP contribution in [0, 0.1) is 0 Å². The van der Waals surface area contributed by atoms with E-state index in [-0.39, 0.29) is 27.1 Å². The summed E-state index contributed by atoms with van der Waals surface area (Å²) < 4.78 is 9.46. The minimum absolute atomic E-state index is 0.0271. The molecule has 10 rings (SSSR count). The molecule has 7 aromatic carbocycles. The van der Waals surface area contributed by atoms with Crippen LogP contribution in [0.15, 0.2) is 176 Å². The van der Waals surface area contributed by atoms with Gasteiger partial charge in [-0.15, -0.1) is 0 Å². The summed E-state index contributed by atoms with van der Waals surface area (Å²) in [6.45, 7) is 30.6. The molecular weight excluding hydrogens is 865 g/mol. The van der Waals surface area contributed by atoms with Crippen LogP contribution in [0.2, 0.25) is 0 Å². The Hall–Kier alpha value is -7.11. The lowest BCUT2D eigenvalue weighted by atomic mass is 9.77. The predicted molar refractivity (Wildman–Crippen MR) is 300 cm³/mol. The standard InChI is InChI=1S/C66H70N4O/c1-62(2,3)46-32-33-67-61(40-46)70-57-27-21-20-26-55(57)56-30-29-53(42-59(56)70)71-54-38-50(66(12,13)45-24-18-15-19-25-45)37-52(41-54)68-43-69(51-35-48(63(4,5)6)34-49(36-51)64(7,8)9)60-39-47(28-31-58(60)68)65(10,11)44-22-16-14-17-23-44/h14-42H,43H2,1-13H3. The van der Waals surface area contributed by atoms with Gasteiger partial charge in [-0.2, -0.15) is 0 Å². The van der Waals surface area contributed by atoms with E-state index in [1.54, 1.807) is 0 Å². The molecule has 0 saturated carbocycles. The summed E-state index contributed by atoms with van der Waals surface area (Å²) in [5, 5.41) is 2.34. The van der Waals surface area contributed by atoms with Crippen molar-refractivity contribution in [3.8, 4) is 17.3 Å². The Morgan fingerprint density at radius 3 is 1.56 bits per heavy atom. The summed E-state index contributed by atoms with van der Waals surface area (Å²) in [5.74, 6) is 2.44. The highest BCUT2D eigenvalue weighted by Gasteiger charge is 2.35. The van der Waals surface area contributed by atoms with E-state index in [0.29, 0.717) is 6.67 Å². The Kier molecular flexibility index (Phi) is 11.6. The lowest BCUT2D eigenvalue weighted by Crippen LogP contribution is -2.26. The van der Waals surface area contributed by atoms with Crippen molar-refractivity contribution in [2.75, 3.05) is 16.5 Å². The number of ether oxygens (including phenoxy) is 1. The zero-order valence-corrected chi connectivity index (χ0v) is 44.1. The second-order valence-corrected chi connectivity index (χ2v) is 24.0. The van der Waals surface area contributed by atoms with Crippen molar-refractivity contribution >= 4 is 44.6 Å². The number of rotatable bonds is 9. The molecule has 0 aliphatic carbocycles. The van der Waals surface area contributed by atoms with Gasteiger partial charge in [0, 0.05) is 51.3 Å². The SMILES string of the molecule is CC(C)(C)c1cc(N2CN(c3cc(Oc4ccc5c6ccccc6n(-c6cc(C(C)(C)C)ccn6)c5c4)cc(C(C)(C)c4ccccc4)c3)c3ccc(C(C)(C)c4ccccc4)cc32)cc(C(C)(C)C)c1. The Bertz CT molecular complexity index is 3400. The summed E-state index contributed by atoms with van der Waals surface area (Å²) in [7, 11) is 0. The Morgan fingerprint density at radius 1 is 0.380 bits per heavy atom. The molecule has 0 spiro atoms. The number of benzene rings is 7. The molecule has 0 radical (unpaired) electrons. The fourth-order valence-corrected chi connectivity index (χ4v) is 10.3. The number of aromatic nitrogens is 2. The summed E-state index contributed by atoms with van der Waals surface area (Å²) in [4.78, 5) is 9.98. The molecule has 0 fully saturated rings. The predicted octanol–water partition coefficient (Wildman–Crippen LogP) is 17.8. The van der Waals surface area contributed by atoms with Crippen molar-refractivity contribution < 1.29 is 4.74 Å². The van der Waals surface area contributed by atoms with Gasteiger partial charge in [0.2, 0.25) is 0 Å². The van der Waals surface area contributed by atoms with Gasteiger partial charge in [-0.25, -0.2) is 4.98 Å². The minimum atomic E-state index is -0.343. The monoisotopic (exact) mass is 935 g/mol. The van der Waals surface area contributed by atoms with E-state index in [9.17, 15) is 0 Å². The Balaban J connectivity index is 1.14. The molecule has 0 atom stereocenters. The third-order valence-corrected chi connectivity index (χ3v) is 15.2. The molecule has 0 bridgehead atoms. The van der Waals surface area contributed by atoms with Crippen LogP contribution >= 0.6 is 0 Å². The average Bonchev–Trinajstić information content (AvgIpc) is 3.89. The number of fused-ring (bicyclic) bond motifs is 4. The molecule has 0 N–H and O–H groups in total. The van der Waals surface area contributed by atoms with Crippen LogP contribution in [-0.2, 0) is 27.1 Å². The third-order valence-electron chi connectivity index (χ3n) is 15.2. The van der Waals surface area contributed by atoms with Crippen molar-refractivity contribution in [1.82, 2.24) is 9.55 Å². The van der Waals surface area contributed by atoms with Crippen molar-refractivity contribution in [2.24, 2.45) is 0 Å². The highest BCUT2D eigenvalue weighted by atomic mass is 16.5. The molecule has 0 unspecified atom stereocenters. The fourth-order valence-electron chi connectivity index (χ4n) is 10.3. The molecule has 5 nitrogen and oxygen atoms in total. The van der Waals surface area contributed by atoms with E-state index in [1.165, 1.54) is 55.7 Å². The van der Waals surface area contributed by atoms with Crippen LogP contribution in [0.4, 0.5) is 22.7 Å². The maximum absolute atomic E-state index is 7.17. The molecule has 1 aliphatic heterocycles. The van der Waals surface area contributed by atoms with Gasteiger partial charge in [0.05, 0.1) is 22.4 Å². The normalized spacial score (nSPS) is 13.6. The summed E-state index contributed by atoms with van der Waals surface area (Å²) in [5.41, 5.74) is 15.0. The van der Waals surface area contributed by atoms with Crippen LogP contribution in [-0.4, -0.2) is 16.2 Å². The van der Waals surface area contributed by atoms with Gasteiger partial charge < -0.3 is 14.5 Å². The van der Waals surface area contributed by atoms with Gasteiger partial charge in [0.25, 0.3) is 0 Å². The summed E-state index contributed by atoms with van der Waals surface area (Å²) in [6.07, 6.45) is 1.94. The highest BCUT2D eigenvalue weighted by Crippen LogP contribution is 2.50. The van der Waals surface area contributed by atoms with Gasteiger partial charge in [-0.05, 0) is 122 Å². The van der Waals surface area contributed by atoms with E-state index in [1.807, 2.05) is 6.20 Å². The smallest absolute Gasteiger partial charge is 0.137 e. The summed E-state index contributed by atoms with van der Waals surface area (Å²) in [6, 6.07) is 62.5. The van der Waals surface area contributed by atoms with Crippen molar-refractivity contribution in [1.29, 1.82) is 0 Å². The lowest BCUT2D eigenvalue weighted by Gasteiger charge is -2.30. The van der Waals surface area contributed by atoms with Crippen molar-refractivity contribution in [3.05, 3.63) is 215 Å². The Labute approximate surface area is 422 Å². The summed E-state index contributed by atoms with van der Waals surface area (Å²) >= 11 is 0. The van der Waals surface area contributed by atoms with Crippen LogP contribution in [0.5, 0.6) is 11.5 Å². The highest BCUT2D eigenvalue weighted by molar-refractivity contribution is 6.09. The zero-order valence-electron chi connectivity index (χ0n) is 44.1. The van der Waals surface area contributed by atoms with E-state index in [2.05, 4.69) is 274 Å². The van der Waals surface area contributed by atoms with Gasteiger partial charge in [-0.3, -0.25) is 4.57 Å². The number of nitrogens with zero attached hydrogens (tertiary/aromatic N) is 4. The van der Waals surface area contributed by atoms with Crippen LogP contribution < -0.4 is 14.5 Å². The van der Waals surface area contributed by atoms with E-state index < -0.39 is 0 Å². The van der Waals surface area contributed by atoms with Gasteiger partial charge in [-0.1, -0.05) is 181 Å². The van der Waals surface area contributed by atoms with E-state index in [4.69, 9.17) is 9.72 Å². The van der Waals surface area contributed by atoms with Crippen molar-refractivity contribution in [2.45, 2.75) is 117 Å². The first-order chi connectivity index (χ1) is 33.6. The van der Waals surface area contributed by atoms with Crippen LogP contribution in [0.3, 0.4) is 0 Å². The van der Waals surface area contributed by atoms with Gasteiger partial charge in [0.1, 0.15) is 24.0 Å². The first-order valence-electron chi connectivity index (χ1n) is 25.4. The fraction of sp³-hybridized carbons (Fsp3) is 0.288. The third kappa shape index (κ3) is 8.90. The second-order valence-electron chi connectivity index (χ2n) is 24.0. The zero-order chi connectivity index (χ0) is 50.3. The van der Waals surface area contributed by atoms with E-state index >= 15 is 0 Å². The minimum Gasteiger partial charge on any atom is -0.457 e. The number of hydrogen-bond donors (Lipinski definition) is 0. The topological polar surface area (TPSA) is 33.5 Å². The molecule has 0 amide bonds. The second kappa shape index (κ2) is 17.3. The molecule has 0 saturated heterocycles. The first kappa shape index (κ1) is 47.6. The molecule has 9 aromatic rings. The van der Waals surface area contributed by atoms with Gasteiger partial charge in [0.15, 0.2) is 0 Å². The molecule has 71 heavy (non-hydrogen) atoms. The molecule has 1 aliphatic rings. The Morgan fingerprint density at radius 2 is 0.930 bits per heavy atom.